The molecule has 0 radical (unpaired) electrons. The largest absolute Gasteiger partial charge is 0.385 e. The second kappa shape index (κ2) is 8.90. The van der Waals surface area contributed by atoms with Gasteiger partial charge in [0.2, 0.25) is 0 Å². The maximum Gasteiger partial charge on any atom is 0.0474 e. The van der Waals surface area contributed by atoms with Crippen molar-refractivity contribution in [2.24, 2.45) is 0 Å². The molecule has 1 atom stereocenters. The number of hydrogen-bond acceptors (Lipinski definition) is 3. The van der Waals surface area contributed by atoms with Gasteiger partial charge in [-0.1, -0.05) is 19.3 Å². The van der Waals surface area contributed by atoms with E-state index in [0.29, 0.717) is 6.04 Å². The van der Waals surface area contributed by atoms with Crippen molar-refractivity contribution in [1.29, 1.82) is 0 Å². The topological polar surface area (TPSA) is 24.5 Å². The molecule has 102 valence electrons. The van der Waals surface area contributed by atoms with E-state index in [1.54, 1.807) is 7.11 Å². The highest BCUT2D eigenvalue weighted by Crippen LogP contribution is 2.22. The number of nitrogens with zero attached hydrogens (tertiary/aromatic N) is 1. The maximum atomic E-state index is 5.04. The molecule has 1 N–H and O–H groups in total. The third kappa shape index (κ3) is 5.84. The Morgan fingerprint density at radius 3 is 2.65 bits per heavy atom. The Morgan fingerprint density at radius 2 is 2.00 bits per heavy atom. The predicted octanol–water partition coefficient (Wildman–Crippen LogP) is 2.27. The van der Waals surface area contributed by atoms with Gasteiger partial charge >= 0.3 is 0 Å². The Hall–Kier alpha value is -0.120. The van der Waals surface area contributed by atoms with Gasteiger partial charge in [0.15, 0.2) is 0 Å². The molecule has 0 bridgehead atoms. The minimum Gasteiger partial charge on any atom is -0.385 e. The predicted molar refractivity (Wildman–Crippen MR) is 73.5 cm³/mol. The summed E-state index contributed by atoms with van der Waals surface area (Å²) in [5, 5.41) is 3.52. The van der Waals surface area contributed by atoms with Crippen molar-refractivity contribution in [2.75, 3.05) is 33.9 Å². The van der Waals surface area contributed by atoms with Crippen LogP contribution in [0.1, 0.15) is 45.4 Å². The van der Waals surface area contributed by atoms with E-state index in [-0.39, 0.29) is 0 Å². The number of methoxy groups -OCH3 is 1. The molecule has 0 amide bonds. The van der Waals surface area contributed by atoms with Crippen LogP contribution in [0.5, 0.6) is 0 Å². The smallest absolute Gasteiger partial charge is 0.0474 e. The van der Waals surface area contributed by atoms with Crippen LogP contribution in [-0.2, 0) is 4.74 Å². The van der Waals surface area contributed by atoms with Crippen molar-refractivity contribution < 1.29 is 4.74 Å². The van der Waals surface area contributed by atoms with Crippen LogP contribution in [0, 0.1) is 0 Å². The van der Waals surface area contributed by atoms with Gasteiger partial charge in [-0.05, 0) is 39.8 Å². The first kappa shape index (κ1) is 14.9. The number of likely N-dealkylation sites (N-methyl/N-ethyl adjacent to an activating group) is 1. The van der Waals surface area contributed by atoms with Crippen LogP contribution in [0.4, 0.5) is 0 Å². The van der Waals surface area contributed by atoms with Crippen LogP contribution >= 0.6 is 0 Å². The zero-order valence-corrected chi connectivity index (χ0v) is 11.9. The molecule has 1 aliphatic carbocycles. The lowest BCUT2D eigenvalue weighted by Crippen LogP contribution is -2.44. The molecule has 1 unspecified atom stereocenters. The SMILES string of the molecule is COCCCNCC(C)N(C)C1CCCCC1. The summed E-state index contributed by atoms with van der Waals surface area (Å²) in [5.74, 6) is 0. The Bertz CT molecular complexity index is 181. The van der Waals surface area contributed by atoms with Gasteiger partial charge in [0, 0.05) is 32.3 Å². The molecule has 0 aliphatic heterocycles. The molecule has 3 nitrogen and oxygen atoms in total. The van der Waals surface area contributed by atoms with Crippen LogP contribution in [0.25, 0.3) is 0 Å². The summed E-state index contributed by atoms with van der Waals surface area (Å²) < 4.78 is 5.04. The van der Waals surface area contributed by atoms with Crippen molar-refractivity contribution in [1.82, 2.24) is 10.2 Å². The van der Waals surface area contributed by atoms with Gasteiger partial charge in [-0.15, -0.1) is 0 Å². The first-order chi connectivity index (χ1) is 8.25. The van der Waals surface area contributed by atoms with Crippen LogP contribution < -0.4 is 5.32 Å². The Kier molecular flexibility index (Phi) is 7.82. The van der Waals surface area contributed by atoms with E-state index in [1.165, 1.54) is 32.1 Å². The molecule has 0 spiro atoms. The molecule has 1 fully saturated rings. The fourth-order valence-electron chi connectivity index (χ4n) is 2.64. The summed E-state index contributed by atoms with van der Waals surface area (Å²) in [6, 6.07) is 1.46. The molecular weight excluding hydrogens is 212 g/mol. The van der Waals surface area contributed by atoms with Crippen LogP contribution in [0.2, 0.25) is 0 Å². The number of hydrogen-bond donors (Lipinski definition) is 1. The van der Waals surface area contributed by atoms with E-state index in [4.69, 9.17) is 4.74 Å². The van der Waals surface area contributed by atoms with Crippen molar-refractivity contribution in [3.8, 4) is 0 Å². The first-order valence-electron chi connectivity index (χ1n) is 7.17. The Morgan fingerprint density at radius 1 is 1.29 bits per heavy atom. The number of rotatable bonds is 8. The van der Waals surface area contributed by atoms with Crippen molar-refractivity contribution >= 4 is 0 Å². The number of nitrogens with one attached hydrogen (secondary N) is 1. The number of ether oxygens (including phenoxy) is 1. The van der Waals surface area contributed by atoms with E-state index in [1.807, 2.05) is 0 Å². The van der Waals surface area contributed by atoms with Crippen LogP contribution in [0.3, 0.4) is 0 Å². The fourth-order valence-corrected chi connectivity index (χ4v) is 2.64. The van der Waals surface area contributed by atoms with E-state index < -0.39 is 0 Å². The van der Waals surface area contributed by atoms with Crippen LogP contribution in [0.15, 0.2) is 0 Å². The van der Waals surface area contributed by atoms with E-state index >= 15 is 0 Å². The lowest BCUT2D eigenvalue weighted by molar-refractivity contribution is 0.143. The third-order valence-electron chi connectivity index (χ3n) is 3.99. The fraction of sp³-hybridized carbons (Fsp3) is 1.00. The summed E-state index contributed by atoms with van der Waals surface area (Å²) in [5.41, 5.74) is 0. The molecule has 0 aromatic heterocycles. The zero-order valence-electron chi connectivity index (χ0n) is 11.9. The normalized spacial score (nSPS) is 19.8. The van der Waals surface area contributed by atoms with Gasteiger partial charge in [-0.3, -0.25) is 4.90 Å². The second-order valence-electron chi connectivity index (χ2n) is 5.36. The molecule has 1 rings (SSSR count). The molecule has 17 heavy (non-hydrogen) atoms. The standard InChI is InChI=1S/C14H30N2O/c1-13(12-15-10-7-11-17-3)16(2)14-8-5-4-6-9-14/h13-15H,4-12H2,1-3H3. The highest BCUT2D eigenvalue weighted by Gasteiger charge is 2.21. The minimum atomic E-state index is 0.639. The summed E-state index contributed by atoms with van der Waals surface area (Å²) in [7, 11) is 4.05. The van der Waals surface area contributed by atoms with Crippen molar-refractivity contribution in [3.63, 3.8) is 0 Å². The zero-order chi connectivity index (χ0) is 12.5. The quantitative estimate of drug-likeness (QED) is 0.661. The molecule has 0 aromatic carbocycles. The molecule has 1 aliphatic rings. The molecule has 3 heteroatoms. The summed E-state index contributed by atoms with van der Waals surface area (Å²) in [6.45, 7) is 5.35. The minimum absolute atomic E-state index is 0.639. The highest BCUT2D eigenvalue weighted by atomic mass is 16.5. The van der Waals surface area contributed by atoms with Gasteiger partial charge in [-0.25, -0.2) is 0 Å². The third-order valence-corrected chi connectivity index (χ3v) is 3.99. The Labute approximate surface area is 107 Å². The maximum absolute atomic E-state index is 5.04. The molecule has 0 heterocycles. The summed E-state index contributed by atoms with van der Waals surface area (Å²) in [6.07, 6.45) is 8.17. The molecule has 0 aromatic rings. The Balaban J connectivity index is 2.10. The molecular formula is C14H30N2O. The van der Waals surface area contributed by atoms with Gasteiger partial charge in [0.1, 0.15) is 0 Å². The van der Waals surface area contributed by atoms with E-state index in [2.05, 4.69) is 24.2 Å². The van der Waals surface area contributed by atoms with E-state index in [9.17, 15) is 0 Å². The average Bonchev–Trinajstić information content (AvgIpc) is 2.38. The molecule has 0 saturated heterocycles. The second-order valence-corrected chi connectivity index (χ2v) is 5.36. The van der Waals surface area contributed by atoms with Gasteiger partial charge < -0.3 is 10.1 Å². The van der Waals surface area contributed by atoms with Gasteiger partial charge in [0.05, 0.1) is 0 Å². The first-order valence-corrected chi connectivity index (χ1v) is 7.17. The van der Waals surface area contributed by atoms with Gasteiger partial charge in [0.25, 0.3) is 0 Å². The lowest BCUT2D eigenvalue weighted by Gasteiger charge is -2.35. The monoisotopic (exact) mass is 242 g/mol. The summed E-state index contributed by atoms with van der Waals surface area (Å²) in [4.78, 5) is 2.57. The highest BCUT2D eigenvalue weighted by molar-refractivity contribution is 4.78. The van der Waals surface area contributed by atoms with E-state index in [0.717, 1.165) is 32.2 Å². The lowest BCUT2D eigenvalue weighted by atomic mass is 9.94. The van der Waals surface area contributed by atoms with Crippen molar-refractivity contribution in [2.45, 2.75) is 57.5 Å². The van der Waals surface area contributed by atoms with Crippen molar-refractivity contribution in [3.05, 3.63) is 0 Å². The summed E-state index contributed by atoms with van der Waals surface area (Å²) >= 11 is 0. The van der Waals surface area contributed by atoms with Gasteiger partial charge in [-0.2, -0.15) is 0 Å². The molecule has 1 saturated carbocycles. The average molecular weight is 242 g/mol. The van der Waals surface area contributed by atoms with Crippen LogP contribution in [-0.4, -0.2) is 50.8 Å².